The normalized spacial score (nSPS) is 15.8. The van der Waals surface area contributed by atoms with Crippen LogP contribution in [0, 0.1) is 58.2 Å². The topological polar surface area (TPSA) is 14.2 Å². The lowest BCUT2D eigenvalue weighted by atomic mass is 9.98. The standard InChI is InChI=1S/C29H15F10NO/c30-20-18(21(31)25(35)28(38)24(20)34)11-4-6-15-13(9-11)14-10-12(19-22(32)26(36)29(39)27(37)23(19)33)5-7-16(14)40(15)17-3-1-2-8-41-17/h4-7,9-10,17H,1-3,8H2. The van der Waals surface area contributed by atoms with E-state index in [1.54, 1.807) is 4.57 Å². The Balaban J connectivity index is 1.67. The number of halogens is 10. The van der Waals surface area contributed by atoms with Crippen molar-refractivity contribution in [3.63, 3.8) is 0 Å². The van der Waals surface area contributed by atoms with E-state index in [0.29, 0.717) is 24.1 Å². The van der Waals surface area contributed by atoms with Crippen LogP contribution in [-0.2, 0) is 4.74 Å². The zero-order chi connectivity index (χ0) is 29.3. The minimum absolute atomic E-state index is 0.140. The molecule has 1 saturated heterocycles. The first-order valence-electron chi connectivity index (χ1n) is 12.3. The van der Waals surface area contributed by atoms with Gasteiger partial charge in [0.15, 0.2) is 46.5 Å². The fourth-order valence-electron chi connectivity index (χ4n) is 5.32. The number of nitrogens with zero attached hydrogens (tertiary/aromatic N) is 1. The van der Waals surface area contributed by atoms with Gasteiger partial charge in [-0.2, -0.15) is 0 Å². The minimum Gasteiger partial charge on any atom is -0.358 e. The summed E-state index contributed by atoms with van der Waals surface area (Å²) in [7, 11) is 0. The van der Waals surface area contributed by atoms with E-state index in [-0.39, 0.29) is 10.8 Å². The summed E-state index contributed by atoms with van der Waals surface area (Å²) < 4.78 is 149. The molecule has 0 amide bonds. The fourth-order valence-corrected chi connectivity index (χ4v) is 5.32. The Bertz CT molecular complexity index is 1710. The second-order valence-electron chi connectivity index (χ2n) is 9.54. The summed E-state index contributed by atoms with van der Waals surface area (Å²) in [6, 6.07) is 7.25. The van der Waals surface area contributed by atoms with Crippen LogP contribution in [0.25, 0.3) is 44.1 Å². The van der Waals surface area contributed by atoms with Gasteiger partial charge in [-0.1, -0.05) is 12.1 Å². The molecule has 4 aromatic carbocycles. The van der Waals surface area contributed by atoms with Crippen LogP contribution in [0.5, 0.6) is 0 Å². The van der Waals surface area contributed by atoms with E-state index in [9.17, 15) is 43.9 Å². The third-order valence-electron chi connectivity index (χ3n) is 7.24. The third kappa shape index (κ3) is 3.98. The maximum absolute atomic E-state index is 14.6. The molecule has 5 aromatic rings. The molecule has 212 valence electrons. The second kappa shape index (κ2) is 9.79. The molecule has 1 aromatic heterocycles. The van der Waals surface area contributed by atoms with Crippen LogP contribution in [0.2, 0.25) is 0 Å². The number of aromatic nitrogens is 1. The smallest absolute Gasteiger partial charge is 0.200 e. The van der Waals surface area contributed by atoms with Crippen LogP contribution in [0.3, 0.4) is 0 Å². The summed E-state index contributed by atoms with van der Waals surface area (Å²) in [5.41, 5.74) is -2.47. The van der Waals surface area contributed by atoms with Crippen molar-refractivity contribution in [3.8, 4) is 22.3 Å². The maximum Gasteiger partial charge on any atom is 0.200 e. The van der Waals surface area contributed by atoms with Gasteiger partial charge in [0.25, 0.3) is 0 Å². The van der Waals surface area contributed by atoms with Crippen molar-refractivity contribution in [2.75, 3.05) is 6.61 Å². The van der Waals surface area contributed by atoms with Gasteiger partial charge >= 0.3 is 0 Å². The van der Waals surface area contributed by atoms with Gasteiger partial charge in [-0.3, -0.25) is 0 Å². The SMILES string of the molecule is Fc1c(F)c(F)c(-c2ccc3c(c2)c2cc(-c4c(F)c(F)c(F)c(F)c4F)ccc2n3C2CCCCO2)c(F)c1F. The zero-order valence-corrected chi connectivity index (χ0v) is 20.5. The van der Waals surface area contributed by atoms with Crippen molar-refractivity contribution in [1.82, 2.24) is 4.57 Å². The third-order valence-corrected chi connectivity index (χ3v) is 7.24. The number of fused-ring (bicyclic) bond motifs is 3. The van der Waals surface area contributed by atoms with E-state index in [1.807, 2.05) is 0 Å². The molecular weight excluding hydrogens is 568 g/mol. The van der Waals surface area contributed by atoms with Crippen LogP contribution < -0.4 is 0 Å². The van der Waals surface area contributed by atoms with Gasteiger partial charge in [0, 0.05) is 17.4 Å². The number of hydrogen-bond donors (Lipinski definition) is 0. The monoisotopic (exact) mass is 583 g/mol. The van der Waals surface area contributed by atoms with Gasteiger partial charge in [-0.25, -0.2) is 43.9 Å². The largest absolute Gasteiger partial charge is 0.358 e. The van der Waals surface area contributed by atoms with Crippen molar-refractivity contribution in [2.45, 2.75) is 25.5 Å². The van der Waals surface area contributed by atoms with Crippen LogP contribution in [0.1, 0.15) is 25.5 Å². The van der Waals surface area contributed by atoms with Crippen LogP contribution in [0.15, 0.2) is 36.4 Å². The second-order valence-corrected chi connectivity index (χ2v) is 9.54. The Morgan fingerprint density at radius 2 is 0.902 bits per heavy atom. The molecule has 0 radical (unpaired) electrons. The Kier molecular flexibility index (Phi) is 6.48. The lowest BCUT2D eigenvalue weighted by Crippen LogP contribution is -2.17. The van der Waals surface area contributed by atoms with E-state index in [1.165, 1.54) is 12.1 Å². The van der Waals surface area contributed by atoms with Gasteiger partial charge < -0.3 is 9.30 Å². The van der Waals surface area contributed by atoms with Crippen molar-refractivity contribution >= 4 is 21.8 Å². The Hall–Kier alpha value is -4.06. The van der Waals surface area contributed by atoms with E-state index >= 15 is 0 Å². The van der Waals surface area contributed by atoms with E-state index in [2.05, 4.69) is 0 Å². The van der Waals surface area contributed by atoms with Crippen molar-refractivity contribution in [1.29, 1.82) is 0 Å². The Labute approximate surface area is 224 Å². The Morgan fingerprint density at radius 3 is 1.27 bits per heavy atom. The fraction of sp³-hybridized carbons (Fsp3) is 0.172. The summed E-state index contributed by atoms with van der Waals surface area (Å²) in [6.07, 6.45) is 1.54. The molecular formula is C29H15F10NO. The summed E-state index contributed by atoms with van der Waals surface area (Å²) in [5.74, 6) is -21.5. The first-order valence-corrected chi connectivity index (χ1v) is 12.3. The molecule has 1 fully saturated rings. The van der Waals surface area contributed by atoms with Crippen LogP contribution in [-0.4, -0.2) is 11.2 Å². The lowest BCUT2D eigenvalue weighted by molar-refractivity contribution is -0.0267. The molecule has 0 saturated carbocycles. The van der Waals surface area contributed by atoms with Crippen molar-refractivity contribution in [3.05, 3.63) is 94.6 Å². The summed E-state index contributed by atoms with van der Waals surface area (Å²) in [4.78, 5) is 0. The molecule has 0 N–H and O–H groups in total. The van der Waals surface area contributed by atoms with Crippen LogP contribution >= 0.6 is 0 Å². The average molecular weight is 583 g/mol. The molecule has 6 rings (SSSR count). The highest BCUT2D eigenvalue weighted by molar-refractivity contribution is 6.10. The highest BCUT2D eigenvalue weighted by Crippen LogP contribution is 2.41. The van der Waals surface area contributed by atoms with Crippen LogP contribution in [0.4, 0.5) is 43.9 Å². The molecule has 12 heteroatoms. The summed E-state index contributed by atoms with van der Waals surface area (Å²) >= 11 is 0. The lowest BCUT2D eigenvalue weighted by Gasteiger charge is -2.25. The van der Waals surface area contributed by atoms with Gasteiger partial charge in [0.05, 0.1) is 22.2 Å². The maximum atomic E-state index is 14.6. The number of benzene rings is 4. The molecule has 0 spiro atoms. The minimum atomic E-state index is -2.33. The van der Waals surface area contributed by atoms with Gasteiger partial charge in [-0.05, 0) is 54.7 Å². The average Bonchev–Trinajstić information content (AvgIpc) is 3.31. The van der Waals surface area contributed by atoms with Gasteiger partial charge in [0.2, 0.25) is 11.6 Å². The summed E-state index contributed by atoms with van der Waals surface area (Å²) in [5, 5.41) is 0.280. The van der Waals surface area contributed by atoms with E-state index in [0.717, 1.165) is 37.1 Å². The number of hydrogen-bond acceptors (Lipinski definition) is 1. The zero-order valence-electron chi connectivity index (χ0n) is 20.5. The highest BCUT2D eigenvalue weighted by atomic mass is 19.2. The quantitative estimate of drug-likeness (QED) is 0.117. The molecule has 1 unspecified atom stereocenters. The molecule has 2 nitrogen and oxygen atoms in total. The molecule has 2 heterocycles. The predicted octanol–water partition coefficient (Wildman–Crippen LogP) is 9.22. The molecule has 0 aliphatic carbocycles. The van der Waals surface area contributed by atoms with Crippen molar-refractivity contribution < 1.29 is 48.6 Å². The molecule has 41 heavy (non-hydrogen) atoms. The number of ether oxygens (including phenoxy) is 1. The molecule has 1 aliphatic heterocycles. The summed E-state index contributed by atoms with van der Waals surface area (Å²) in [6.45, 7) is 0.400. The first kappa shape index (κ1) is 27.1. The first-order chi connectivity index (χ1) is 19.5. The molecule has 1 aliphatic rings. The van der Waals surface area contributed by atoms with E-state index < -0.39 is 86.7 Å². The number of rotatable bonds is 3. The van der Waals surface area contributed by atoms with Crippen molar-refractivity contribution in [2.24, 2.45) is 0 Å². The van der Waals surface area contributed by atoms with Gasteiger partial charge in [0.1, 0.15) is 6.23 Å². The van der Waals surface area contributed by atoms with Gasteiger partial charge in [-0.15, -0.1) is 0 Å². The highest BCUT2D eigenvalue weighted by Gasteiger charge is 2.30. The predicted molar refractivity (Wildman–Crippen MR) is 129 cm³/mol. The van der Waals surface area contributed by atoms with E-state index in [4.69, 9.17) is 4.74 Å². The Morgan fingerprint density at radius 1 is 0.512 bits per heavy atom. The molecule has 1 atom stereocenters. The molecule has 0 bridgehead atoms.